The first-order valence-electron chi connectivity index (χ1n) is 7.80. The van der Waals surface area contributed by atoms with Gasteiger partial charge in [0, 0.05) is 30.4 Å². The summed E-state index contributed by atoms with van der Waals surface area (Å²) in [6.07, 6.45) is 4.74. The molecule has 2 unspecified atom stereocenters. The molecule has 21 heavy (non-hydrogen) atoms. The molecule has 1 saturated carbocycles. The van der Waals surface area contributed by atoms with Crippen molar-refractivity contribution in [3.8, 4) is 0 Å². The molecule has 0 bridgehead atoms. The monoisotopic (exact) mass is 291 g/mol. The summed E-state index contributed by atoms with van der Waals surface area (Å²) in [5, 5.41) is 11.0. The molecule has 0 radical (unpaired) electrons. The Morgan fingerprint density at radius 3 is 2.71 bits per heavy atom. The van der Waals surface area contributed by atoms with Gasteiger partial charge in [0.05, 0.1) is 4.92 Å². The van der Waals surface area contributed by atoms with Gasteiger partial charge in [0.15, 0.2) is 0 Å². The molecular formula is C16H25N3O2. The zero-order chi connectivity index (χ0) is 15.4. The van der Waals surface area contributed by atoms with Crippen molar-refractivity contribution in [2.45, 2.75) is 45.6 Å². The Morgan fingerprint density at radius 2 is 2.10 bits per heavy atom. The van der Waals surface area contributed by atoms with Crippen LogP contribution in [0.5, 0.6) is 0 Å². The van der Waals surface area contributed by atoms with Crippen LogP contribution in [0.4, 0.5) is 11.4 Å². The van der Waals surface area contributed by atoms with Crippen molar-refractivity contribution in [2.75, 3.05) is 18.0 Å². The highest BCUT2D eigenvalue weighted by Gasteiger charge is 2.30. The number of hydrogen-bond donors (Lipinski definition) is 1. The summed E-state index contributed by atoms with van der Waals surface area (Å²) < 4.78 is 0. The smallest absolute Gasteiger partial charge is 0.271 e. The predicted molar refractivity (Wildman–Crippen MR) is 85.7 cm³/mol. The van der Waals surface area contributed by atoms with Crippen molar-refractivity contribution >= 4 is 11.4 Å². The quantitative estimate of drug-likeness (QED) is 0.667. The van der Waals surface area contributed by atoms with Crippen LogP contribution >= 0.6 is 0 Å². The van der Waals surface area contributed by atoms with Crippen molar-refractivity contribution in [2.24, 2.45) is 11.7 Å². The van der Waals surface area contributed by atoms with E-state index in [0.717, 1.165) is 30.6 Å². The van der Waals surface area contributed by atoms with Crippen molar-refractivity contribution in [1.29, 1.82) is 0 Å². The second kappa shape index (κ2) is 6.89. The molecule has 0 aromatic heterocycles. The van der Waals surface area contributed by atoms with Crippen LogP contribution in [0.3, 0.4) is 0 Å². The van der Waals surface area contributed by atoms with Gasteiger partial charge < -0.3 is 10.6 Å². The summed E-state index contributed by atoms with van der Waals surface area (Å²) in [4.78, 5) is 13.0. The second-order valence-corrected chi connectivity index (χ2v) is 5.86. The van der Waals surface area contributed by atoms with Gasteiger partial charge in [-0.3, -0.25) is 10.1 Å². The van der Waals surface area contributed by atoms with Crippen LogP contribution in [0.25, 0.3) is 0 Å². The van der Waals surface area contributed by atoms with Gasteiger partial charge in [0.1, 0.15) is 0 Å². The van der Waals surface area contributed by atoms with E-state index in [2.05, 4.69) is 11.8 Å². The van der Waals surface area contributed by atoms with Crippen LogP contribution in [0.15, 0.2) is 18.2 Å². The number of hydrogen-bond acceptors (Lipinski definition) is 4. The maximum atomic E-state index is 11.0. The number of non-ortho nitro benzene ring substituents is 1. The number of nitrogens with zero attached hydrogens (tertiary/aromatic N) is 2. The first-order chi connectivity index (χ1) is 10.1. The molecule has 1 fully saturated rings. The van der Waals surface area contributed by atoms with Crippen LogP contribution < -0.4 is 10.6 Å². The summed E-state index contributed by atoms with van der Waals surface area (Å²) in [6, 6.07) is 5.53. The lowest BCUT2D eigenvalue weighted by atomic mass is 9.83. The molecule has 1 aliphatic rings. The third-order valence-electron chi connectivity index (χ3n) is 4.63. The molecule has 116 valence electrons. The van der Waals surface area contributed by atoms with E-state index in [1.165, 1.54) is 12.8 Å². The number of nitro benzene ring substituents is 1. The molecule has 0 amide bonds. The lowest BCUT2D eigenvalue weighted by molar-refractivity contribution is -0.384. The Bertz CT molecular complexity index is 504. The van der Waals surface area contributed by atoms with Crippen LogP contribution in [-0.2, 0) is 0 Å². The highest BCUT2D eigenvalue weighted by molar-refractivity contribution is 5.59. The van der Waals surface area contributed by atoms with Gasteiger partial charge in [-0.25, -0.2) is 0 Å². The minimum absolute atomic E-state index is 0.161. The fourth-order valence-corrected chi connectivity index (χ4v) is 3.48. The van der Waals surface area contributed by atoms with Crippen molar-refractivity contribution in [3.05, 3.63) is 33.9 Å². The number of nitrogens with two attached hydrogens (primary N) is 1. The number of benzene rings is 1. The number of anilines is 1. The van der Waals surface area contributed by atoms with Crippen LogP contribution in [0.1, 0.15) is 38.2 Å². The molecule has 5 nitrogen and oxygen atoms in total. The molecule has 1 aromatic carbocycles. The standard InChI is InChI=1S/C16H25N3O2/c1-3-18(15-7-5-4-6-13(15)11-17)16-10-14(19(20)21)9-8-12(16)2/h8-10,13,15H,3-7,11,17H2,1-2H3. The molecule has 0 saturated heterocycles. The SMILES string of the molecule is CCN(c1cc([N+](=O)[O-])ccc1C)C1CCCCC1CN. The van der Waals surface area contributed by atoms with E-state index in [1.54, 1.807) is 12.1 Å². The summed E-state index contributed by atoms with van der Waals surface area (Å²) in [6.45, 7) is 5.67. The van der Waals surface area contributed by atoms with Gasteiger partial charge >= 0.3 is 0 Å². The Kier molecular flexibility index (Phi) is 5.17. The van der Waals surface area contributed by atoms with E-state index in [9.17, 15) is 10.1 Å². The summed E-state index contributed by atoms with van der Waals surface area (Å²) in [7, 11) is 0. The first kappa shape index (κ1) is 15.8. The van der Waals surface area contributed by atoms with Gasteiger partial charge in [-0.1, -0.05) is 18.9 Å². The fraction of sp³-hybridized carbons (Fsp3) is 0.625. The van der Waals surface area contributed by atoms with E-state index in [0.29, 0.717) is 18.5 Å². The van der Waals surface area contributed by atoms with Gasteiger partial charge in [-0.15, -0.1) is 0 Å². The average molecular weight is 291 g/mol. The third-order valence-corrected chi connectivity index (χ3v) is 4.63. The Morgan fingerprint density at radius 1 is 1.38 bits per heavy atom. The van der Waals surface area contributed by atoms with Crippen LogP contribution in [0.2, 0.25) is 0 Å². The van der Waals surface area contributed by atoms with Gasteiger partial charge in [-0.05, 0) is 44.7 Å². The van der Waals surface area contributed by atoms with Gasteiger partial charge in [0.25, 0.3) is 5.69 Å². The molecule has 1 aliphatic carbocycles. The van der Waals surface area contributed by atoms with Crippen molar-refractivity contribution < 1.29 is 4.92 Å². The largest absolute Gasteiger partial charge is 0.368 e. The number of rotatable bonds is 5. The molecule has 2 N–H and O–H groups in total. The summed E-state index contributed by atoms with van der Waals surface area (Å²) >= 11 is 0. The van der Waals surface area contributed by atoms with Crippen molar-refractivity contribution in [1.82, 2.24) is 0 Å². The van der Waals surface area contributed by atoms with Crippen molar-refractivity contribution in [3.63, 3.8) is 0 Å². The summed E-state index contributed by atoms with van der Waals surface area (Å²) in [5.41, 5.74) is 8.18. The first-order valence-corrected chi connectivity index (χ1v) is 7.80. The molecule has 2 atom stereocenters. The van der Waals surface area contributed by atoms with E-state index in [4.69, 9.17) is 5.73 Å². The molecule has 0 aliphatic heterocycles. The van der Waals surface area contributed by atoms with E-state index >= 15 is 0 Å². The topological polar surface area (TPSA) is 72.4 Å². The minimum atomic E-state index is -0.321. The lowest BCUT2D eigenvalue weighted by Gasteiger charge is -2.41. The lowest BCUT2D eigenvalue weighted by Crippen LogP contribution is -2.45. The van der Waals surface area contributed by atoms with E-state index in [-0.39, 0.29) is 10.6 Å². The maximum absolute atomic E-state index is 11.0. The number of aryl methyl sites for hydroxylation is 1. The molecule has 0 spiro atoms. The number of nitro groups is 1. The molecule has 5 heteroatoms. The third kappa shape index (κ3) is 3.35. The predicted octanol–water partition coefficient (Wildman–Crippen LogP) is 3.25. The highest BCUT2D eigenvalue weighted by atomic mass is 16.6. The highest BCUT2D eigenvalue weighted by Crippen LogP contribution is 2.34. The second-order valence-electron chi connectivity index (χ2n) is 5.86. The summed E-state index contributed by atoms with van der Waals surface area (Å²) in [5.74, 6) is 0.484. The molecule has 1 aromatic rings. The fourth-order valence-electron chi connectivity index (χ4n) is 3.48. The van der Waals surface area contributed by atoms with Gasteiger partial charge in [0.2, 0.25) is 0 Å². The normalized spacial score (nSPS) is 22.0. The Hall–Kier alpha value is -1.62. The average Bonchev–Trinajstić information content (AvgIpc) is 2.50. The maximum Gasteiger partial charge on any atom is 0.271 e. The Labute approximate surface area is 126 Å². The molecule has 0 heterocycles. The molecule has 2 rings (SSSR count). The van der Waals surface area contributed by atoms with Crippen LogP contribution in [-0.4, -0.2) is 24.1 Å². The van der Waals surface area contributed by atoms with Crippen LogP contribution in [0, 0.1) is 23.0 Å². The van der Waals surface area contributed by atoms with Gasteiger partial charge in [-0.2, -0.15) is 0 Å². The van der Waals surface area contributed by atoms with E-state index in [1.807, 2.05) is 13.0 Å². The minimum Gasteiger partial charge on any atom is -0.368 e. The zero-order valence-electron chi connectivity index (χ0n) is 12.9. The molecular weight excluding hydrogens is 266 g/mol. The van der Waals surface area contributed by atoms with E-state index < -0.39 is 0 Å². The Balaban J connectivity index is 2.35. The zero-order valence-corrected chi connectivity index (χ0v) is 12.9.